The van der Waals surface area contributed by atoms with E-state index in [4.69, 9.17) is 27.2 Å². The molecule has 2 aromatic carbocycles. The Morgan fingerprint density at radius 2 is 1.89 bits per heavy atom. The van der Waals surface area contributed by atoms with Gasteiger partial charge >= 0.3 is 0 Å². The molecule has 0 amide bonds. The van der Waals surface area contributed by atoms with E-state index in [0.29, 0.717) is 17.3 Å². The first-order valence-electron chi connectivity index (χ1n) is 6.05. The van der Waals surface area contributed by atoms with Gasteiger partial charge in [0, 0.05) is 11.6 Å². The molecule has 0 saturated carbocycles. The van der Waals surface area contributed by atoms with Crippen molar-refractivity contribution >= 4 is 11.6 Å². The number of hydrogen-bond donors (Lipinski definition) is 2. The Balaban J connectivity index is 2.14. The molecule has 0 aliphatic carbocycles. The first-order chi connectivity index (χ1) is 9.22. The lowest BCUT2D eigenvalue weighted by molar-refractivity contribution is 0.214. The molecule has 19 heavy (non-hydrogen) atoms. The SMILES string of the molecule is NCC(Oc1ccc(CO)cc1)c1cccc(Cl)c1. The van der Waals surface area contributed by atoms with Crippen LogP contribution in [-0.2, 0) is 6.61 Å². The van der Waals surface area contributed by atoms with Gasteiger partial charge in [0.25, 0.3) is 0 Å². The molecule has 0 aliphatic heterocycles. The van der Waals surface area contributed by atoms with E-state index in [1.165, 1.54) is 0 Å². The van der Waals surface area contributed by atoms with Crippen LogP contribution >= 0.6 is 11.6 Å². The highest BCUT2D eigenvalue weighted by Crippen LogP contribution is 2.23. The third-order valence-corrected chi connectivity index (χ3v) is 3.05. The number of hydrogen-bond acceptors (Lipinski definition) is 3. The van der Waals surface area contributed by atoms with Gasteiger partial charge in [-0.2, -0.15) is 0 Å². The largest absolute Gasteiger partial charge is 0.484 e. The molecule has 3 nitrogen and oxygen atoms in total. The lowest BCUT2D eigenvalue weighted by Crippen LogP contribution is -2.18. The van der Waals surface area contributed by atoms with E-state index in [2.05, 4.69) is 0 Å². The molecule has 1 unspecified atom stereocenters. The summed E-state index contributed by atoms with van der Waals surface area (Å²) in [6.07, 6.45) is -0.237. The van der Waals surface area contributed by atoms with Gasteiger partial charge in [-0.15, -0.1) is 0 Å². The maximum atomic E-state index is 8.99. The van der Waals surface area contributed by atoms with Gasteiger partial charge in [-0.1, -0.05) is 35.9 Å². The van der Waals surface area contributed by atoms with Crippen LogP contribution in [0.3, 0.4) is 0 Å². The smallest absolute Gasteiger partial charge is 0.136 e. The minimum Gasteiger partial charge on any atom is -0.484 e. The van der Waals surface area contributed by atoms with Gasteiger partial charge < -0.3 is 15.6 Å². The number of aliphatic hydroxyl groups is 1. The van der Waals surface area contributed by atoms with Crippen LogP contribution < -0.4 is 10.5 Å². The quantitative estimate of drug-likeness (QED) is 0.883. The molecule has 1 atom stereocenters. The maximum absolute atomic E-state index is 8.99. The normalized spacial score (nSPS) is 12.2. The molecule has 4 heteroatoms. The second-order valence-electron chi connectivity index (χ2n) is 4.20. The van der Waals surface area contributed by atoms with Gasteiger partial charge in [0.05, 0.1) is 6.61 Å². The summed E-state index contributed by atoms with van der Waals surface area (Å²) in [5.41, 5.74) is 7.54. The predicted octanol–water partition coefficient (Wildman–Crippen LogP) is 2.91. The molecule has 0 aliphatic rings. The van der Waals surface area contributed by atoms with Crippen LogP contribution in [0.15, 0.2) is 48.5 Å². The van der Waals surface area contributed by atoms with E-state index in [0.717, 1.165) is 11.1 Å². The van der Waals surface area contributed by atoms with Crippen molar-refractivity contribution in [2.45, 2.75) is 12.7 Å². The van der Waals surface area contributed by atoms with Crippen molar-refractivity contribution in [3.63, 3.8) is 0 Å². The molecule has 3 N–H and O–H groups in total. The predicted molar refractivity (Wildman–Crippen MR) is 76.2 cm³/mol. The molecule has 100 valence electrons. The van der Waals surface area contributed by atoms with Crippen molar-refractivity contribution < 1.29 is 9.84 Å². The number of aliphatic hydroxyl groups excluding tert-OH is 1. The number of halogens is 1. The fourth-order valence-electron chi connectivity index (χ4n) is 1.80. The van der Waals surface area contributed by atoms with Gasteiger partial charge in [-0.25, -0.2) is 0 Å². The van der Waals surface area contributed by atoms with E-state index >= 15 is 0 Å². The van der Waals surface area contributed by atoms with Gasteiger partial charge in [0.2, 0.25) is 0 Å². The highest BCUT2D eigenvalue weighted by molar-refractivity contribution is 6.30. The second kappa shape index (κ2) is 6.57. The van der Waals surface area contributed by atoms with Gasteiger partial charge in [0.15, 0.2) is 0 Å². The highest BCUT2D eigenvalue weighted by atomic mass is 35.5. The second-order valence-corrected chi connectivity index (χ2v) is 4.64. The van der Waals surface area contributed by atoms with Crippen molar-refractivity contribution in [2.24, 2.45) is 5.73 Å². The third kappa shape index (κ3) is 3.70. The lowest BCUT2D eigenvalue weighted by Gasteiger charge is -2.18. The Bertz CT molecular complexity index is 528. The molecule has 0 aromatic heterocycles. The molecule has 2 aromatic rings. The van der Waals surface area contributed by atoms with Crippen molar-refractivity contribution in [3.05, 3.63) is 64.7 Å². The molecule has 0 bridgehead atoms. The van der Waals surface area contributed by atoms with Crippen LogP contribution in [0.25, 0.3) is 0 Å². The number of nitrogens with two attached hydrogens (primary N) is 1. The topological polar surface area (TPSA) is 55.5 Å². The average molecular weight is 278 g/mol. The Labute approximate surface area is 117 Å². The van der Waals surface area contributed by atoms with Crippen molar-refractivity contribution in [1.82, 2.24) is 0 Å². The molecule has 0 saturated heterocycles. The Morgan fingerprint density at radius 3 is 2.47 bits per heavy atom. The summed E-state index contributed by atoms with van der Waals surface area (Å²) in [4.78, 5) is 0. The minimum atomic E-state index is -0.237. The van der Waals surface area contributed by atoms with Crippen molar-refractivity contribution in [1.29, 1.82) is 0 Å². The van der Waals surface area contributed by atoms with E-state index in [9.17, 15) is 0 Å². The van der Waals surface area contributed by atoms with Gasteiger partial charge in [-0.3, -0.25) is 0 Å². The fourth-order valence-corrected chi connectivity index (χ4v) is 2.00. The van der Waals surface area contributed by atoms with Crippen LogP contribution in [0.5, 0.6) is 5.75 Å². The van der Waals surface area contributed by atoms with Crippen LogP contribution in [0.1, 0.15) is 17.2 Å². The van der Waals surface area contributed by atoms with Gasteiger partial charge in [-0.05, 0) is 35.4 Å². The molecule has 0 radical (unpaired) electrons. The zero-order valence-corrected chi connectivity index (χ0v) is 11.2. The van der Waals surface area contributed by atoms with Crippen LogP contribution in [0.2, 0.25) is 5.02 Å². The maximum Gasteiger partial charge on any atom is 0.136 e. The Kier molecular flexibility index (Phi) is 4.80. The summed E-state index contributed by atoms with van der Waals surface area (Å²) in [6.45, 7) is 0.386. The summed E-state index contributed by atoms with van der Waals surface area (Å²) in [7, 11) is 0. The van der Waals surface area contributed by atoms with Crippen molar-refractivity contribution in [3.8, 4) is 5.75 Å². The van der Waals surface area contributed by atoms with E-state index in [-0.39, 0.29) is 12.7 Å². The zero-order valence-electron chi connectivity index (χ0n) is 10.4. The van der Waals surface area contributed by atoms with E-state index in [1.54, 1.807) is 0 Å². The van der Waals surface area contributed by atoms with Crippen LogP contribution in [0.4, 0.5) is 0 Å². The fraction of sp³-hybridized carbons (Fsp3) is 0.200. The first-order valence-corrected chi connectivity index (χ1v) is 6.42. The summed E-state index contributed by atoms with van der Waals surface area (Å²) in [6, 6.07) is 14.7. The molecular formula is C15H16ClNO2. The molecular weight excluding hydrogens is 262 g/mol. The van der Waals surface area contributed by atoms with Crippen LogP contribution in [-0.4, -0.2) is 11.7 Å². The highest BCUT2D eigenvalue weighted by Gasteiger charge is 2.11. The Morgan fingerprint density at radius 1 is 1.16 bits per heavy atom. The van der Waals surface area contributed by atoms with Crippen LogP contribution in [0, 0.1) is 0 Å². The monoisotopic (exact) mass is 277 g/mol. The van der Waals surface area contributed by atoms with Crippen molar-refractivity contribution in [2.75, 3.05) is 6.54 Å². The number of rotatable bonds is 5. The summed E-state index contributed by atoms with van der Waals surface area (Å²) < 4.78 is 5.84. The molecule has 0 spiro atoms. The standard InChI is InChI=1S/C15H16ClNO2/c16-13-3-1-2-12(8-13)15(9-17)19-14-6-4-11(10-18)5-7-14/h1-8,15,18H,9-10,17H2. The lowest BCUT2D eigenvalue weighted by atomic mass is 10.1. The summed E-state index contributed by atoms with van der Waals surface area (Å²) in [5, 5.41) is 9.65. The zero-order chi connectivity index (χ0) is 13.7. The molecule has 2 rings (SSSR count). The number of benzene rings is 2. The third-order valence-electron chi connectivity index (χ3n) is 2.82. The first kappa shape index (κ1) is 13.9. The summed E-state index contributed by atoms with van der Waals surface area (Å²) in [5.74, 6) is 0.715. The summed E-state index contributed by atoms with van der Waals surface area (Å²) >= 11 is 5.96. The molecule has 0 heterocycles. The minimum absolute atomic E-state index is 0.0227. The average Bonchev–Trinajstić information content (AvgIpc) is 2.45. The van der Waals surface area contributed by atoms with Gasteiger partial charge in [0.1, 0.15) is 11.9 Å². The number of ether oxygens (including phenoxy) is 1. The van der Waals surface area contributed by atoms with E-state index < -0.39 is 0 Å². The Hall–Kier alpha value is -1.55. The van der Waals surface area contributed by atoms with E-state index in [1.807, 2.05) is 48.5 Å². The molecule has 0 fully saturated rings.